The Morgan fingerprint density at radius 2 is 1.86 bits per heavy atom. The summed E-state index contributed by atoms with van der Waals surface area (Å²) in [5.74, 6) is 0.912. The fraction of sp³-hybridized carbons (Fsp3) is 0.222. The Labute approximate surface area is 124 Å². The van der Waals surface area contributed by atoms with Gasteiger partial charge < -0.3 is 14.5 Å². The number of hydrogen-bond donors (Lipinski definition) is 1. The van der Waals surface area contributed by atoms with Gasteiger partial charge in [-0.25, -0.2) is 0 Å². The van der Waals surface area contributed by atoms with Gasteiger partial charge in [-0.05, 0) is 19.1 Å². The molecule has 21 heavy (non-hydrogen) atoms. The number of furan rings is 1. The molecule has 1 aromatic heterocycles. The van der Waals surface area contributed by atoms with Gasteiger partial charge in [-0.1, -0.05) is 36.4 Å². The first kappa shape index (κ1) is 13.7. The maximum atomic E-state index is 5.57. The third kappa shape index (κ3) is 2.78. The van der Waals surface area contributed by atoms with Gasteiger partial charge in [-0.15, -0.1) is 0 Å². The Balaban J connectivity index is 1.75. The topological polar surface area (TPSA) is 34.4 Å². The largest absolute Gasteiger partial charge is 0.496 e. The first-order valence-electron chi connectivity index (χ1n) is 7.11. The minimum Gasteiger partial charge on any atom is -0.496 e. The zero-order chi connectivity index (χ0) is 14.7. The Morgan fingerprint density at radius 3 is 2.71 bits per heavy atom. The average Bonchev–Trinajstić information content (AvgIpc) is 2.96. The second kappa shape index (κ2) is 6.02. The molecule has 0 saturated carbocycles. The van der Waals surface area contributed by atoms with Crippen LogP contribution >= 0.6 is 0 Å². The van der Waals surface area contributed by atoms with E-state index in [0.717, 1.165) is 28.8 Å². The van der Waals surface area contributed by atoms with Crippen LogP contribution in [0.2, 0.25) is 0 Å². The van der Waals surface area contributed by atoms with Crippen LogP contribution in [0, 0.1) is 0 Å². The highest BCUT2D eigenvalue weighted by Crippen LogP contribution is 2.26. The second-order valence-corrected chi connectivity index (χ2v) is 5.10. The van der Waals surface area contributed by atoms with Gasteiger partial charge in [-0.3, -0.25) is 0 Å². The van der Waals surface area contributed by atoms with Gasteiger partial charge in [0.15, 0.2) is 0 Å². The van der Waals surface area contributed by atoms with Crippen molar-refractivity contribution in [2.24, 2.45) is 0 Å². The predicted molar refractivity (Wildman–Crippen MR) is 84.5 cm³/mol. The molecule has 0 bridgehead atoms. The van der Waals surface area contributed by atoms with Crippen LogP contribution in [0.4, 0.5) is 0 Å². The molecule has 1 atom stereocenters. The smallest absolute Gasteiger partial charge is 0.134 e. The fourth-order valence-electron chi connectivity index (χ4n) is 2.57. The van der Waals surface area contributed by atoms with Gasteiger partial charge in [0.2, 0.25) is 0 Å². The normalized spacial score (nSPS) is 12.5. The summed E-state index contributed by atoms with van der Waals surface area (Å²) in [6, 6.07) is 16.4. The predicted octanol–water partition coefficient (Wildman–Crippen LogP) is 4.29. The molecule has 0 fully saturated rings. The molecule has 0 aliphatic heterocycles. The quantitative estimate of drug-likeness (QED) is 0.757. The molecule has 0 spiro atoms. The Morgan fingerprint density at radius 1 is 1.10 bits per heavy atom. The Hall–Kier alpha value is -2.26. The van der Waals surface area contributed by atoms with E-state index in [0.29, 0.717) is 0 Å². The number of methoxy groups -OCH3 is 1. The minimum absolute atomic E-state index is 0.204. The van der Waals surface area contributed by atoms with Crippen LogP contribution in [-0.4, -0.2) is 7.11 Å². The van der Waals surface area contributed by atoms with Crippen LogP contribution in [0.15, 0.2) is 59.2 Å². The summed E-state index contributed by atoms with van der Waals surface area (Å²) in [6.07, 6.45) is 1.83. The molecular weight excluding hydrogens is 262 g/mol. The van der Waals surface area contributed by atoms with E-state index in [1.54, 1.807) is 7.11 Å². The average molecular weight is 281 g/mol. The number of fused-ring (bicyclic) bond motifs is 1. The monoisotopic (exact) mass is 281 g/mol. The van der Waals surface area contributed by atoms with E-state index < -0.39 is 0 Å². The van der Waals surface area contributed by atoms with Gasteiger partial charge in [0.25, 0.3) is 0 Å². The zero-order valence-electron chi connectivity index (χ0n) is 12.3. The van der Waals surface area contributed by atoms with Crippen molar-refractivity contribution in [3.63, 3.8) is 0 Å². The number of hydrogen-bond acceptors (Lipinski definition) is 3. The molecule has 0 aliphatic carbocycles. The van der Waals surface area contributed by atoms with Gasteiger partial charge in [0, 0.05) is 29.1 Å². The van der Waals surface area contributed by atoms with Crippen LogP contribution in [-0.2, 0) is 6.54 Å². The Kier molecular flexibility index (Phi) is 3.93. The van der Waals surface area contributed by atoms with E-state index in [9.17, 15) is 0 Å². The summed E-state index contributed by atoms with van der Waals surface area (Å²) in [5.41, 5.74) is 3.26. The molecule has 1 N–H and O–H groups in total. The molecule has 0 amide bonds. The van der Waals surface area contributed by atoms with Crippen molar-refractivity contribution < 1.29 is 9.15 Å². The van der Waals surface area contributed by atoms with Crippen molar-refractivity contribution >= 4 is 11.0 Å². The standard InChI is InChI=1S/C18H19NO2/c1-13(15-7-3-5-9-17(15)20-2)19-11-14-12-21-18-10-6-4-8-16(14)18/h3-10,12-13,19H,11H2,1-2H3/t13-/m1/s1. The molecule has 0 saturated heterocycles. The molecular formula is C18H19NO2. The molecule has 0 unspecified atom stereocenters. The summed E-state index contributed by atoms with van der Waals surface area (Å²) < 4.78 is 11.0. The van der Waals surface area contributed by atoms with E-state index in [2.05, 4.69) is 24.4 Å². The lowest BCUT2D eigenvalue weighted by atomic mass is 10.1. The van der Waals surface area contributed by atoms with E-state index in [-0.39, 0.29) is 6.04 Å². The third-order valence-corrected chi connectivity index (χ3v) is 3.77. The summed E-state index contributed by atoms with van der Waals surface area (Å²) in [5, 5.41) is 4.69. The maximum Gasteiger partial charge on any atom is 0.134 e. The number of nitrogens with one attached hydrogen (secondary N) is 1. The van der Waals surface area contributed by atoms with Gasteiger partial charge in [-0.2, -0.15) is 0 Å². The number of para-hydroxylation sites is 2. The fourth-order valence-corrected chi connectivity index (χ4v) is 2.57. The molecule has 2 aromatic carbocycles. The van der Waals surface area contributed by atoms with Crippen molar-refractivity contribution in [1.29, 1.82) is 0 Å². The number of benzene rings is 2. The molecule has 108 valence electrons. The number of ether oxygens (including phenoxy) is 1. The van der Waals surface area contributed by atoms with Crippen molar-refractivity contribution in [3.8, 4) is 5.75 Å². The lowest BCUT2D eigenvalue weighted by molar-refractivity contribution is 0.401. The van der Waals surface area contributed by atoms with Crippen LogP contribution in [0.25, 0.3) is 11.0 Å². The second-order valence-electron chi connectivity index (χ2n) is 5.10. The van der Waals surface area contributed by atoms with Crippen molar-refractivity contribution in [1.82, 2.24) is 5.32 Å². The van der Waals surface area contributed by atoms with Crippen LogP contribution in [0.1, 0.15) is 24.1 Å². The van der Waals surface area contributed by atoms with E-state index in [4.69, 9.17) is 9.15 Å². The van der Waals surface area contributed by atoms with Crippen LogP contribution in [0.5, 0.6) is 5.75 Å². The van der Waals surface area contributed by atoms with Gasteiger partial charge in [0.05, 0.1) is 13.4 Å². The lowest BCUT2D eigenvalue weighted by Gasteiger charge is -2.16. The molecule has 1 heterocycles. The van der Waals surface area contributed by atoms with Crippen LogP contribution in [0.3, 0.4) is 0 Å². The molecule has 3 heteroatoms. The first-order chi connectivity index (χ1) is 10.3. The summed E-state index contributed by atoms with van der Waals surface area (Å²) >= 11 is 0. The SMILES string of the molecule is COc1ccccc1[C@@H](C)NCc1coc2ccccc12. The molecule has 3 nitrogen and oxygen atoms in total. The number of rotatable bonds is 5. The highest BCUT2D eigenvalue weighted by molar-refractivity contribution is 5.80. The third-order valence-electron chi connectivity index (χ3n) is 3.77. The van der Waals surface area contributed by atoms with Crippen molar-refractivity contribution in [2.75, 3.05) is 7.11 Å². The summed E-state index contributed by atoms with van der Waals surface area (Å²) in [7, 11) is 1.70. The highest BCUT2D eigenvalue weighted by Gasteiger charge is 2.11. The highest BCUT2D eigenvalue weighted by atomic mass is 16.5. The molecule has 3 rings (SSSR count). The van der Waals surface area contributed by atoms with E-state index in [1.807, 2.05) is 42.7 Å². The first-order valence-corrected chi connectivity index (χ1v) is 7.11. The van der Waals surface area contributed by atoms with Gasteiger partial charge in [0.1, 0.15) is 11.3 Å². The molecule has 0 aliphatic rings. The van der Waals surface area contributed by atoms with E-state index in [1.165, 1.54) is 5.56 Å². The van der Waals surface area contributed by atoms with Crippen LogP contribution < -0.4 is 10.1 Å². The summed E-state index contributed by atoms with van der Waals surface area (Å²) in [4.78, 5) is 0. The van der Waals surface area contributed by atoms with Crippen molar-refractivity contribution in [3.05, 3.63) is 65.9 Å². The summed E-state index contributed by atoms with van der Waals surface area (Å²) in [6.45, 7) is 2.90. The zero-order valence-corrected chi connectivity index (χ0v) is 12.3. The maximum absolute atomic E-state index is 5.57. The Bertz CT molecular complexity index is 733. The lowest BCUT2D eigenvalue weighted by Crippen LogP contribution is -2.18. The molecule has 3 aromatic rings. The minimum atomic E-state index is 0.204. The van der Waals surface area contributed by atoms with E-state index >= 15 is 0 Å². The van der Waals surface area contributed by atoms with Gasteiger partial charge >= 0.3 is 0 Å². The van der Waals surface area contributed by atoms with Crippen molar-refractivity contribution in [2.45, 2.75) is 19.5 Å². The molecule has 0 radical (unpaired) electrons.